The number of para-hydroxylation sites is 1. The van der Waals surface area contributed by atoms with Crippen molar-refractivity contribution in [3.63, 3.8) is 0 Å². The summed E-state index contributed by atoms with van der Waals surface area (Å²) in [6.07, 6.45) is 2.00. The maximum Gasteiger partial charge on any atom is 0.405 e. The number of aromatic amines is 1. The quantitative estimate of drug-likeness (QED) is 0.734. The van der Waals surface area contributed by atoms with Gasteiger partial charge in [0.25, 0.3) is 0 Å². The van der Waals surface area contributed by atoms with Crippen LogP contribution in [-0.2, 0) is 4.74 Å². The third-order valence-corrected chi connectivity index (χ3v) is 4.32. The molecule has 2 unspecified atom stereocenters. The molecule has 2 atom stereocenters. The van der Waals surface area contributed by atoms with Crippen molar-refractivity contribution in [3.05, 3.63) is 53.9 Å². The lowest BCUT2D eigenvalue weighted by atomic mass is 9.73. The third kappa shape index (κ3) is 3.38. The summed E-state index contributed by atoms with van der Waals surface area (Å²) in [6.45, 7) is 8.07. The maximum absolute atomic E-state index is 11.6. The zero-order valence-corrected chi connectivity index (χ0v) is 14.9. The fraction of sp³-hybridized carbons (Fsp3) is 0.368. The minimum atomic E-state index is -0.852. The molecule has 1 aromatic carbocycles. The van der Waals surface area contributed by atoms with E-state index in [1.165, 1.54) is 0 Å². The average Bonchev–Trinajstić information content (AvgIpc) is 3.12. The fourth-order valence-electron chi connectivity index (χ4n) is 3.32. The summed E-state index contributed by atoms with van der Waals surface area (Å²) in [5.41, 5.74) is 7.16. The van der Waals surface area contributed by atoms with Gasteiger partial charge in [0.2, 0.25) is 5.89 Å². The Morgan fingerprint density at radius 1 is 1.32 bits per heavy atom. The van der Waals surface area contributed by atoms with Gasteiger partial charge >= 0.3 is 6.09 Å². The predicted molar refractivity (Wildman–Crippen MR) is 95.1 cm³/mol. The number of H-pyrrole nitrogens is 1. The van der Waals surface area contributed by atoms with Crippen molar-refractivity contribution >= 4 is 17.0 Å². The summed E-state index contributed by atoms with van der Waals surface area (Å²) in [4.78, 5) is 19.1. The van der Waals surface area contributed by atoms with Crippen LogP contribution >= 0.6 is 0 Å². The van der Waals surface area contributed by atoms with Crippen LogP contribution in [0.3, 0.4) is 0 Å². The van der Waals surface area contributed by atoms with Crippen LogP contribution in [0.1, 0.15) is 50.0 Å². The van der Waals surface area contributed by atoms with Crippen LogP contribution in [0, 0.1) is 12.3 Å². The van der Waals surface area contributed by atoms with Gasteiger partial charge in [-0.1, -0.05) is 39.0 Å². The Hall–Kier alpha value is -2.76. The van der Waals surface area contributed by atoms with Crippen molar-refractivity contribution in [2.45, 2.75) is 39.7 Å². The van der Waals surface area contributed by atoms with Crippen molar-refractivity contribution in [2.24, 2.45) is 11.1 Å². The van der Waals surface area contributed by atoms with E-state index in [0.29, 0.717) is 11.7 Å². The molecule has 0 fully saturated rings. The summed E-state index contributed by atoms with van der Waals surface area (Å²) in [7, 11) is 0. The van der Waals surface area contributed by atoms with Crippen molar-refractivity contribution in [1.82, 2.24) is 9.97 Å². The van der Waals surface area contributed by atoms with Gasteiger partial charge in [-0.25, -0.2) is 9.78 Å². The molecular formula is C19H23N3O3. The third-order valence-electron chi connectivity index (χ3n) is 4.32. The number of aromatic nitrogens is 2. The first kappa shape index (κ1) is 17.1. The van der Waals surface area contributed by atoms with Crippen LogP contribution in [0.2, 0.25) is 0 Å². The van der Waals surface area contributed by atoms with E-state index in [-0.39, 0.29) is 11.3 Å². The SMILES string of the molecule is Cc1cnc(C(OC(N)=O)C(c2c[nH]c3ccccc23)C(C)(C)C)o1. The number of ether oxygens (including phenoxy) is 1. The highest BCUT2D eigenvalue weighted by atomic mass is 16.6. The normalized spacial score (nSPS) is 14.4. The van der Waals surface area contributed by atoms with Gasteiger partial charge in [-0.15, -0.1) is 0 Å². The molecule has 3 aromatic rings. The molecule has 0 saturated heterocycles. The second kappa shape index (κ2) is 6.27. The van der Waals surface area contributed by atoms with Gasteiger partial charge in [0, 0.05) is 23.0 Å². The zero-order chi connectivity index (χ0) is 18.2. The van der Waals surface area contributed by atoms with Crippen molar-refractivity contribution < 1.29 is 13.9 Å². The number of rotatable bonds is 4. The summed E-state index contributed by atoms with van der Waals surface area (Å²) >= 11 is 0. The topological polar surface area (TPSA) is 94.1 Å². The molecule has 132 valence electrons. The first-order chi connectivity index (χ1) is 11.8. The van der Waals surface area contributed by atoms with Gasteiger partial charge in [0.05, 0.1) is 6.20 Å². The minimum Gasteiger partial charge on any atom is -0.442 e. The Morgan fingerprint density at radius 3 is 2.64 bits per heavy atom. The van der Waals surface area contributed by atoms with Crippen LogP contribution in [0.5, 0.6) is 0 Å². The second-order valence-corrected chi connectivity index (χ2v) is 7.30. The second-order valence-electron chi connectivity index (χ2n) is 7.30. The number of hydrogen-bond acceptors (Lipinski definition) is 4. The summed E-state index contributed by atoms with van der Waals surface area (Å²) in [6, 6.07) is 8.02. The van der Waals surface area contributed by atoms with Crippen molar-refractivity contribution in [1.29, 1.82) is 0 Å². The number of benzene rings is 1. The Bertz CT molecular complexity index is 889. The molecule has 0 aliphatic carbocycles. The highest BCUT2D eigenvalue weighted by Gasteiger charge is 2.40. The molecule has 2 heterocycles. The van der Waals surface area contributed by atoms with Crippen LogP contribution < -0.4 is 5.73 Å². The number of fused-ring (bicyclic) bond motifs is 1. The van der Waals surface area contributed by atoms with Gasteiger partial charge < -0.3 is 19.9 Å². The molecule has 0 bridgehead atoms. The molecule has 6 nitrogen and oxygen atoms in total. The molecule has 0 spiro atoms. The summed E-state index contributed by atoms with van der Waals surface area (Å²) in [5, 5.41) is 1.07. The molecule has 3 rings (SSSR count). The average molecular weight is 341 g/mol. The molecule has 0 radical (unpaired) electrons. The molecule has 25 heavy (non-hydrogen) atoms. The zero-order valence-electron chi connectivity index (χ0n) is 14.9. The number of carbonyl (C=O) groups is 1. The van der Waals surface area contributed by atoms with Crippen LogP contribution in [0.15, 0.2) is 41.1 Å². The lowest BCUT2D eigenvalue weighted by molar-refractivity contribution is 0.0407. The van der Waals surface area contributed by atoms with E-state index in [4.69, 9.17) is 14.9 Å². The van der Waals surface area contributed by atoms with Crippen molar-refractivity contribution in [2.75, 3.05) is 0 Å². The number of oxazole rings is 1. The molecule has 1 amide bonds. The molecular weight excluding hydrogens is 318 g/mol. The first-order valence-electron chi connectivity index (χ1n) is 8.22. The Morgan fingerprint density at radius 2 is 2.04 bits per heavy atom. The van der Waals surface area contributed by atoms with Crippen LogP contribution in [-0.4, -0.2) is 16.1 Å². The number of hydrogen-bond donors (Lipinski definition) is 2. The van der Waals surface area contributed by atoms with Crippen molar-refractivity contribution in [3.8, 4) is 0 Å². The highest BCUT2D eigenvalue weighted by molar-refractivity contribution is 5.84. The van der Waals surface area contributed by atoms with Gasteiger partial charge in [-0.05, 0) is 24.0 Å². The summed E-state index contributed by atoms with van der Waals surface area (Å²) < 4.78 is 11.2. The van der Waals surface area contributed by atoms with Gasteiger partial charge in [0.15, 0.2) is 6.10 Å². The lowest BCUT2D eigenvalue weighted by Crippen LogP contribution is -2.30. The Kier molecular flexibility index (Phi) is 4.29. The standard InChI is InChI=1S/C19H23N3O3/c1-11-9-22-17(24-11)16(25-18(20)23)15(19(2,3)4)13-10-21-14-8-6-5-7-12(13)14/h5-10,15-16,21H,1-4H3,(H2,20,23). The van der Waals surface area contributed by atoms with Crippen LogP contribution in [0.4, 0.5) is 4.79 Å². The molecule has 2 aromatic heterocycles. The largest absolute Gasteiger partial charge is 0.442 e. The number of nitrogens with two attached hydrogens (primary N) is 1. The molecule has 0 aliphatic heterocycles. The molecule has 0 aliphatic rings. The minimum absolute atomic E-state index is 0.200. The smallest absolute Gasteiger partial charge is 0.405 e. The monoisotopic (exact) mass is 341 g/mol. The number of primary amides is 1. The van der Waals surface area contributed by atoms with Gasteiger partial charge in [0.1, 0.15) is 5.76 Å². The fourth-order valence-corrected chi connectivity index (χ4v) is 3.32. The predicted octanol–water partition coefficient (Wildman–Crippen LogP) is 4.43. The van der Waals surface area contributed by atoms with E-state index in [1.807, 2.05) is 30.5 Å². The van der Waals surface area contributed by atoms with Gasteiger partial charge in [-0.2, -0.15) is 0 Å². The number of amides is 1. The van der Waals surface area contributed by atoms with E-state index in [2.05, 4.69) is 30.7 Å². The molecule has 0 saturated carbocycles. The number of aryl methyl sites for hydroxylation is 1. The lowest BCUT2D eigenvalue weighted by Gasteiger charge is -2.34. The first-order valence-corrected chi connectivity index (χ1v) is 8.22. The number of carbonyl (C=O) groups excluding carboxylic acids is 1. The summed E-state index contributed by atoms with van der Waals surface area (Å²) in [5.74, 6) is 0.801. The van der Waals surface area contributed by atoms with Gasteiger partial charge in [-0.3, -0.25) is 0 Å². The van der Waals surface area contributed by atoms with E-state index in [1.54, 1.807) is 13.1 Å². The molecule has 6 heteroatoms. The molecule has 3 N–H and O–H groups in total. The van der Waals surface area contributed by atoms with Crippen LogP contribution in [0.25, 0.3) is 10.9 Å². The van der Waals surface area contributed by atoms with E-state index < -0.39 is 12.2 Å². The van der Waals surface area contributed by atoms with E-state index in [0.717, 1.165) is 16.5 Å². The van der Waals surface area contributed by atoms with E-state index in [9.17, 15) is 4.79 Å². The number of nitrogens with one attached hydrogen (secondary N) is 1. The van der Waals surface area contributed by atoms with E-state index >= 15 is 0 Å². The number of nitrogens with zero attached hydrogens (tertiary/aromatic N) is 1. The Labute approximate surface area is 146 Å². The maximum atomic E-state index is 11.6. The highest BCUT2D eigenvalue weighted by Crippen LogP contribution is 2.47. The Balaban J connectivity index is 2.17.